The number of amides is 1. The van der Waals surface area contributed by atoms with Crippen molar-refractivity contribution in [3.8, 4) is 0 Å². The van der Waals surface area contributed by atoms with Gasteiger partial charge in [-0.25, -0.2) is 9.59 Å². The van der Waals surface area contributed by atoms with E-state index in [1.54, 1.807) is 33.9 Å². The van der Waals surface area contributed by atoms with Crippen molar-refractivity contribution in [1.82, 2.24) is 10.6 Å². The maximum atomic E-state index is 11.5. The number of alkyl carbamates (subject to hydrolysis) is 1. The molecule has 0 fully saturated rings. The number of carbonyl (C=O) groups excluding carboxylic acids is 2. The van der Waals surface area contributed by atoms with E-state index in [-0.39, 0.29) is 12.0 Å². The van der Waals surface area contributed by atoms with Gasteiger partial charge < -0.3 is 20.1 Å². The van der Waals surface area contributed by atoms with Crippen LogP contribution in [-0.2, 0) is 14.3 Å². The zero-order valence-corrected chi connectivity index (χ0v) is 11.9. The van der Waals surface area contributed by atoms with Crippen molar-refractivity contribution in [3.05, 3.63) is 11.8 Å². The molecule has 6 heteroatoms. The van der Waals surface area contributed by atoms with Crippen LogP contribution in [0.1, 0.15) is 34.1 Å². The molecular formula is C13H22N2O4. The third kappa shape index (κ3) is 5.63. The van der Waals surface area contributed by atoms with Crippen molar-refractivity contribution in [2.75, 3.05) is 13.2 Å². The molecule has 0 aromatic heterocycles. The van der Waals surface area contributed by atoms with Crippen molar-refractivity contribution in [3.63, 3.8) is 0 Å². The largest absolute Gasteiger partial charge is 0.464 e. The molecule has 0 saturated heterocycles. The Kier molecular flexibility index (Phi) is 5.20. The molecule has 0 bridgehead atoms. The van der Waals surface area contributed by atoms with Crippen LogP contribution in [0.3, 0.4) is 0 Å². The standard InChI is InChI=1S/C13H22N2O4/c1-5-18-11(16)10-6-9(7-14-10)8-15-12(17)19-13(2,3)4/h7,10,14H,5-6,8H2,1-4H3,(H,15,17). The first kappa shape index (κ1) is 15.3. The first-order valence-corrected chi connectivity index (χ1v) is 6.39. The monoisotopic (exact) mass is 270 g/mol. The van der Waals surface area contributed by atoms with Gasteiger partial charge in [0.05, 0.1) is 6.61 Å². The second-order valence-corrected chi connectivity index (χ2v) is 5.33. The lowest BCUT2D eigenvalue weighted by Gasteiger charge is -2.19. The molecule has 6 nitrogen and oxygen atoms in total. The molecule has 0 aromatic carbocycles. The predicted octanol–water partition coefficient (Wildman–Crippen LogP) is 1.32. The molecule has 0 aromatic rings. The summed E-state index contributed by atoms with van der Waals surface area (Å²) in [7, 11) is 0. The minimum atomic E-state index is -0.514. The van der Waals surface area contributed by atoms with E-state index < -0.39 is 11.7 Å². The average molecular weight is 270 g/mol. The summed E-state index contributed by atoms with van der Waals surface area (Å²) >= 11 is 0. The first-order chi connectivity index (χ1) is 8.81. The smallest absolute Gasteiger partial charge is 0.407 e. The van der Waals surface area contributed by atoms with Gasteiger partial charge in [0.15, 0.2) is 0 Å². The summed E-state index contributed by atoms with van der Waals surface area (Å²) in [6.07, 6.45) is 1.81. The molecule has 1 atom stereocenters. The lowest BCUT2D eigenvalue weighted by Crippen LogP contribution is -2.34. The molecule has 108 valence electrons. The SMILES string of the molecule is CCOC(=O)C1CC(CNC(=O)OC(C)(C)C)=CN1. The highest BCUT2D eigenvalue weighted by Crippen LogP contribution is 2.13. The molecule has 1 aliphatic heterocycles. The van der Waals surface area contributed by atoms with Gasteiger partial charge in [0, 0.05) is 13.0 Å². The minimum absolute atomic E-state index is 0.272. The lowest BCUT2D eigenvalue weighted by atomic mass is 10.1. The normalized spacial score (nSPS) is 18.3. The van der Waals surface area contributed by atoms with Gasteiger partial charge in [0.2, 0.25) is 0 Å². The van der Waals surface area contributed by atoms with Gasteiger partial charge in [0.25, 0.3) is 0 Å². The van der Waals surface area contributed by atoms with Crippen molar-refractivity contribution >= 4 is 12.1 Å². The third-order valence-electron chi connectivity index (χ3n) is 2.38. The number of nitrogens with one attached hydrogen (secondary N) is 2. The van der Waals surface area contributed by atoms with Crippen molar-refractivity contribution in [2.24, 2.45) is 0 Å². The Bertz CT molecular complexity index is 371. The number of ether oxygens (including phenoxy) is 2. The summed E-state index contributed by atoms with van der Waals surface area (Å²) in [5.41, 5.74) is 0.420. The number of hydrogen-bond acceptors (Lipinski definition) is 5. The van der Waals surface area contributed by atoms with Crippen LogP contribution in [0.15, 0.2) is 11.8 Å². The van der Waals surface area contributed by atoms with Crippen molar-refractivity contribution < 1.29 is 19.1 Å². The topological polar surface area (TPSA) is 76.7 Å². The van der Waals surface area contributed by atoms with Crippen LogP contribution < -0.4 is 10.6 Å². The predicted molar refractivity (Wildman–Crippen MR) is 70.5 cm³/mol. The van der Waals surface area contributed by atoms with Crippen molar-refractivity contribution in [2.45, 2.75) is 45.8 Å². The second-order valence-electron chi connectivity index (χ2n) is 5.33. The zero-order valence-electron chi connectivity index (χ0n) is 11.9. The van der Waals surface area contributed by atoms with Crippen LogP contribution in [0.4, 0.5) is 4.79 Å². The Morgan fingerprint density at radius 2 is 2.16 bits per heavy atom. The fourth-order valence-electron chi connectivity index (χ4n) is 1.62. The van der Waals surface area contributed by atoms with E-state index >= 15 is 0 Å². The maximum absolute atomic E-state index is 11.5. The summed E-state index contributed by atoms with van der Waals surface area (Å²) in [4.78, 5) is 22.9. The van der Waals surface area contributed by atoms with Gasteiger partial charge in [-0.2, -0.15) is 0 Å². The summed E-state index contributed by atoms with van der Waals surface area (Å²) in [5.74, 6) is -0.272. The third-order valence-corrected chi connectivity index (χ3v) is 2.38. The lowest BCUT2D eigenvalue weighted by molar-refractivity contribution is -0.145. The summed E-state index contributed by atoms with van der Waals surface area (Å²) in [5, 5.41) is 5.59. The van der Waals surface area contributed by atoms with E-state index in [4.69, 9.17) is 9.47 Å². The van der Waals surface area contributed by atoms with Gasteiger partial charge in [-0.1, -0.05) is 0 Å². The minimum Gasteiger partial charge on any atom is -0.464 e. The molecule has 1 rings (SSSR count). The highest BCUT2D eigenvalue weighted by atomic mass is 16.6. The molecule has 1 aliphatic rings. The fraction of sp³-hybridized carbons (Fsp3) is 0.692. The van der Waals surface area contributed by atoms with Crippen LogP contribution in [0.5, 0.6) is 0 Å². The van der Waals surface area contributed by atoms with Gasteiger partial charge >= 0.3 is 12.1 Å². The van der Waals surface area contributed by atoms with E-state index in [0.717, 1.165) is 5.57 Å². The molecule has 19 heavy (non-hydrogen) atoms. The average Bonchev–Trinajstić information content (AvgIpc) is 2.73. The second kappa shape index (κ2) is 6.45. The molecule has 1 unspecified atom stereocenters. The number of esters is 1. The van der Waals surface area contributed by atoms with Crippen molar-refractivity contribution in [1.29, 1.82) is 0 Å². The number of carbonyl (C=O) groups is 2. The summed E-state index contributed by atoms with van der Waals surface area (Å²) in [6.45, 7) is 7.91. The van der Waals surface area contributed by atoms with Gasteiger partial charge in [-0.3, -0.25) is 0 Å². The van der Waals surface area contributed by atoms with E-state index in [0.29, 0.717) is 19.6 Å². The van der Waals surface area contributed by atoms with Gasteiger partial charge in [-0.05, 0) is 39.5 Å². The molecule has 0 radical (unpaired) electrons. The molecule has 1 heterocycles. The van der Waals surface area contributed by atoms with E-state index in [1.807, 2.05) is 0 Å². The van der Waals surface area contributed by atoms with E-state index in [2.05, 4.69) is 10.6 Å². The Morgan fingerprint density at radius 1 is 1.47 bits per heavy atom. The molecule has 0 saturated carbocycles. The van der Waals surface area contributed by atoms with Crippen LogP contribution in [0.25, 0.3) is 0 Å². The van der Waals surface area contributed by atoms with Crippen LogP contribution in [-0.4, -0.2) is 36.9 Å². The molecule has 2 N–H and O–H groups in total. The van der Waals surface area contributed by atoms with Crippen LogP contribution >= 0.6 is 0 Å². The van der Waals surface area contributed by atoms with Crippen LogP contribution in [0, 0.1) is 0 Å². The molecule has 0 spiro atoms. The molecular weight excluding hydrogens is 248 g/mol. The van der Waals surface area contributed by atoms with Gasteiger partial charge in [-0.15, -0.1) is 0 Å². The highest BCUT2D eigenvalue weighted by Gasteiger charge is 2.25. The maximum Gasteiger partial charge on any atom is 0.407 e. The Morgan fingerprint density at radius 3 is 2.74 bits per heavy atom. The Labute approximate surface area is 113 Å². The summed E-state index contributed by atoms with van der Waals surface area (Å²) < 4.78 is 10.0. The Hall–Kier alpha value is -1.72. The van der Waals surface area contributed by atoms with Gasteiger partial charge in [0.1, 0.15) is 11.6 Å². The zero-order chi connectivity index (χ0) is 14.5. The Balaban J connectivity index is 2.29. The van der Waals surface area contributed by atoms with Crippen LogP contribution in [0.2, 0.25) is 0 Å². The first-order valence-electron chi connectivity index (χ1n) is 6.39. The number of rotatable bonds is 4. The highest BCUT2D eigenvalue weighted by molar-refractivity contribution is 5.77. The number of hydrogen-bond donors (Lipinski definition) is 2. The van der Waals surface area contributed by atoms with E-state index in [1.165, 1.54) is 0 Å². The quantitative estimate of drug-likeness (QED) is 0.753. The molecule has 0 aliphatic carbocycles. The van der Waals surface area contributed by atoms with E-state index in [9.17, 15) is 9.59 Å². The fourth-order valence-corrected chi connectivity index (χ4v) is 1.62. The molecule has 1 amide bonds. The summed E-state index contributed by atoms with van der Waals surface area (Å²) in [6, 6.07) is -0.351.